The minimum Gasteiger partial charge on any atom is -0.462 e. The summed E-state index contributed by atoms with van der Waals surface area (Å²) in [5.41, 5.74) is -1.50. The third kappa shape index (κ3) is 9.91. The second-order valence-electron chi connectivity index (χ2n) is 18.7. The molecule has 1 aromatic carbocycles. The highest BCUT2D eigenvalue weighted by Crippen LogP contribution is 2.58. The molecule has 1 aliphatic carbocycles. The van der Waals surface area contributed by atoms with Crippen molar-refractivity contribution in [1.82, 2.24) is 10.4 Å². The Kier molecular flexibility index (Phi) is 14.2. The van der Waals surface area contributed by atoms with Gasteiger partial charge in [0.2, 0.25) is 12.0 Å². The van der Waals surface area contributed by atoms with Crippen molar-refractivity contribution >= 4 is 35.9 Å². The molecule has 2 unspecified atom stereocenters. The van der Waals surface area contributed by atoms with Gasteiger partial charge in [0, 0.05) is 37.2 Å². The lowest BCUT2D eigenvalue weighted by Gasteiger charge is -2.49. The van der Waals surface area contributed by atoms with E-state index in [1.807, 2.05) is 12.1 Å². The van der Waals surface area contributed by atoms with Crippen molar-refractivity contribution in [2.45, 2.75) is 180 Å². The molecule has 5 aliphatic rings. The number of amides is 1. The van der Waals surface area contributed by atoms with Gasteiger partial charge in [-0.3, -0.25) is 19.2 Å². The van der Waals surface area contributed by atoms with E-state index in [-0.39, 0.29) is 32.4 Å². The van der Waals surface area contributed by atoms with Crippen LogP contribution in [0.3, 0.4) is 0 Å². The summed E-state index contributed by atoms with van der Waals surface area (Å²) in [6.45, 7) is 12.9. The number of carbonyl (C=O) groups excluding carboxylic acids is 5. The van der Waals surface area contributed by atoms with Crippen molar-refractivity contribution in [3.05, 3.63) is 41.5 Å². The monoisotopic (exact) mass is 840 g/mol. The number of aliphatic hydroxyl groups excluding tert-OH is 1. The van der Waals surface area contributed by atoms with Gasteiger partial charge in [0.05, 0.1) is 19.2 Å². The van der Waals surface area contributed by atoms with Crippen LogP contribution >= 0.6 is 0 Å². The topological polar surface area (TPSA) is 185 Å². The number of hydrogen-bond acceptors (Lipinski definition) is 14. The number of aliphatic hydroxyl groups is 1. The van der Waals surface area contributed by atoms with E-state index in [0.29, 0.717) is 24.0 Å². The molecule has 15 heteroatoms. The Morgan fingerprint density at radius 1 is 1.02 bits per heavy atom. The number of benzene rings is 1. The molecule has 1 amide bonds. The largest absolute Gasteiger partial charge is 0.462 e. The minimum absolute atomic E-state index is 0.0385. The molecule has 5 fully saturated rings. The van der Waals surface area contributed by atoms with Crippen LogP contribution in [-0.2, 0) is 63.8 Å². The molecule has 4 saturated heterocycles. The zero-order valence-corrected chi connectivity index (χ0v) is 36.2. The molecule has 2 N–H and O–H groups in total. The van der Waals surface area contributed by atoms with Gasteiger partial charge < -0.3 is 38.8 Å². The van der Waals surface area contributed by atoms with Gasteiger partial charge >= 0.3 is 23.9 Å². The van der Waals surface area contributed by atoms with Crippen LogP contribution in [0.1, 0.15) is 130 Å². The lowest BCUT2D eigenvalue weighted by Crippen LogP contribution is -2.70. The first-order valence-electron chi connectivity index (χ1n) is 21.7. The molecule has 0 spiro atoms. The summed E-state index contributed by atoms with van der Waals surface area (Å²) >= 11 is 0. The van der Waals surface area contributed by atoms with Gasteiger partial charge in [-0.05, 0) is 57.2 Å². The first-order valence-corrected chi connectivity index (χ1v) is 21.7. The lowest BCUT2D eigenvalue weighted by atomic mass is 9.62. The lowest BCUT2D eigenvalue weighted by molar-refractivity contribution is -0.224. The molecule has 2 bridgehead atoms. The molecule has 0 aromatic heterocycles. The summed E-state index contributed by atoms with van der Waals surface area (Å²) in [6, 6.07) is 5.23. The minimum atomic E-state index is -1.50. The second kappa shape index (κ2) is 18.6. The van der Waals surface area contributed by atoms with Crippen LogP contribution in [0.25, 0.3) is 6.08 Å². The van der Waals surface area contributed by atoms with Crippen LogP contribution in [0.15, 0.2) is 30.3 Å². The predicted octanol–water partition coefficient (Wildman–Crippen LogP) is 5.23. The second-order valence-corrected chi connectivity index (χ2v) is 18.7. The van der Waals surface area contributed by atoms with Gasteiger partial charge in [-0.2, -0.15) is 5.06 Å². The van der Waals surface area contributed by atoms with E-state index in [4.69, 9.17) is 33.3 Å². The van der Waals surface area contributed by atoms with Gasteiger partial charge in [-0.1, -0.05) is 77.6 Å². The van der Waals surface area contributed by atoms with Gasteiger partial charge in [-0.15, -0.1) is 0 Å². The highest BCUT2D eigenvalue weighted by Gasteiger charge is 2.76. The molecule has 8 atom stereocenters. The zero-order chi connectivity index (χ0) is 43.5. The Labute approximate surface area is 353 Å². The summed E-state index contributed by atoms with van der Waals surface area (Å²) in [4.78, 5) is 73.5. The predicted molar refractivity (Wildman–Crippen MR) is 216 cm³/mol. The Hall–Kier alpha value is -3.89. The maximum atomic E-state index is 14.9. The normalized spacial score (nSPS) is 29.5. The molecule has 1 saturated carbocycles. The molecule has 6 rings (SSSR count). The van der Waals surface area contributed by atoms with Crippen molar-refractivity contribution < 1.29 is 62.3 Å². The van der Waals surface area contributed by atoms with E-state index < -0.39 is 101 Å². The summed E-state index contributed by atoms with van der Waals surface area (Å²) < 4.78 is 36.0. The Morgan fingerprint density at radius 3 is 2.35 bits per heavy atom. The summed E-state index contributed by atoms with van der Waals surface area (Å²) in [6.07, 6.45) is 5.85. The molecule has 1 aromatic rings. The van der Waals surface area contributed by atoms with Crippen LogP contribution in [-0.4, -0.2) is 107 Å². The number of hydroxylamine groups is 2. The summed E-state index contributed by atoms with van der Waals surface area (Å²) in [7, 11) is 0. The van der Waals surface area contributed by atoms with Crippen LogP contribution < -0.4 is 5.32 Å². The quantitative estimate of drug-likeness (QED) is 0.0798. The third-order valence-corrected chi connectivity index (χ3v) is 12.1. The average Bonchev–Trinajstić information content (AvgIpc) is 3.82. The van der Waals surface area contributed by atoms with Crippen LogP contribution in [0.5, 0.6) is 0 Å². The summed E-state index contributed by atoms with van der Waals surface area (Å²) in [5, 5.41) is 14.9. The molecule has 332 valence electrons. The Bertz CT molecular complexity index is 1760. The Morgan fingerprint density at radius 2 is 1.72 bits per heavy atom. The number of nitrogens with zero attached hydrogens (tertiary/aromatic N) is 1. The molecule has 15 nitrogen and oxygen atoms in total. The fraction of sp³-hybridized carbons (Fsp3) is 0.711. The number of esters is 4. The highest BCUT2D eigenvalue weighted by atomic mass is 16.8. The molecule has 4 aliphatic heterocycles. The number of nitrogens with one attached hydrogen (secondary N) is 1. The number of cyclic esters (lactones) is 1. The fourth-order valence-electron chi connectivity index (χ4n) is 9.14. The van der Waals surface area contributed by atoms with Crippen molar-refractivity contribution in [3.63, 3.8) is 0 Å². The van der Waals surface area contributed by atoms with Gasteiger partial charge in [0.25, 0.3) is 0 Å². The maximum absolute atomic E-state index is 14.9. The van der Waals surface area contributed by atoms with Crippen LogP contribution in [0.2, 0.25) is 0 Å². The smallest absolute Gasteiger partial charge is 0.348 e. The Balaban J connectivity index is 1.27. The first-order chi connectivity index (χ1) is 28.4. The van der Waals surface area contributed by atoms with Crippen molar-refractivity contribution in [2.75, 3.05) is 13.2 Å². The van der Waals surface area contributed by atoms with E-state index in [9.17, 15) is 29.1 Å². The van der Waals surface area contributed by atoms with Crippen LogP contribution in [0.4, 0.5) is 0 Å². The van der Waals surface area contributed by atoms with E-state index in [1.165, 1.54) is 11.1 Å². The fourth-order valence-corrected chi connectivity index (χ4v) is 9.14. The number of unbranched alkanes of at least 4 members (excludes halogenated alkanes) is 4. The molecule has 4 heterocycles. The highest BCUT2D eigenvalue weighted by molar-refractivity contribution is 5.94. The molecule has 0 radical (unpaired) electrons. The summed E-state index contributed by atoms with van der Waals surface area (Å²) in [5.74, 6) is -3.82. The van der Waals surface area contributed by atoms with Crippen molar-refractivity contribution in [3.8, 4) is 0 Å². The van der Waals surface area contributed by atoms with Crippen molar-refractivity contribution in [1.29, 1.82) is 0 Å². The number of hydrogen-bond donors (Lipinski definition) is 2. The van der Waals surface area contributed by atoms with Crippen molar-refractivity contribution in [2.24, 2.45) is 10.8 Å². The number of ether oxygens (including phenoxy) is 6. The first kappa shape index (κ1) is 45.6. The molecular formula is C45H64N2O13. The average molecular weight is 841 g/mol. The molecular weight excluding hydrogens is 776 g/mol. The van der Waals surface area contributed by atoms with Gasteiger partial charge in [0.15, 0.2) is 11.8 Å². The SMILES string of the molecule is CCCCCC1(CCCCC)O[C@@H]2[C@H]3ON(Cc4cccc(C=CC(=O)O[C@H]5C(=O)OCC5(C)C)c4)[C@H]4C(=O)OC(CC34C(=O)N[C@H](CO)CCC(=O)OC(C)(C)C)[C@@H]2O1. The number of fused-ring (bicyclic) bond motifs is 4. The van der Waals surface area contributed by atoms with Gasteiger partial charge in [-0.25, -0.2) is 9.59 Å². The van der Waals surface area contributed by atoms with Gasteiger partial charge in [0.1, 0.15) is 42.0 Å². The number of rotatable bonds is 19. The zero-order valence-electron chi connectivity index (χ0n) is 36.2. The maximum Gasteiger partial charge on any atom is 0.348 e. The van der Waals surface area contributed by atoms with E-state index in [0.717, 1.165) is 38.5 Å². The standard InChI is InChI=1S/C45H64N2O13/c1-8-10-12-21-44(22-13-11-9-2)58-34-31-24-45(41(53)46-30(26-48)18-20-33(50)57-42(3,4)5)36(39(51)55-31)47(60-37(45)35(34)59-44)25-29-16-14-15-28(23-29)17-19-32(49)56-38-40(52)54-27-43(38,6)7/h14-17,19,23,30-31,34-38,48H,8-13,18,20-22,24-27H2,1-7H3,(H,46,53)/t30-,31?,34-,35-,36-,37+,38-,45?/m0/s1. The van der Waals surface area contributed by atoms with E-state index in [1.54, 1.807) is 52.8 Å². The van der Waals surface area contributed by atoms with Crippen LogP contribution in [0, 0.1) is 10.8 Å². The third-order valence-electron chi connectivity index (χ3n) is 12.1. The molecule has 60 heavy (non-hydrogen) atoms. The van der Waals surface area contributed by atoms with E-state index in [2.05, 4.69) is 19.2 Å². The van der Waals surface area contributed by atoms with E-state index >= 15 is 0 Å². The number of carbonyl (C=O) groups is 5.